The summed E-state index contributed by atoms with van der Waals surface area (Å²) in [6, 6.07) is 4.12. The van der Waals surface area contributed by atoms with Gasteiger partial charge in [-0.05, 0) is 44.5 Å². The number of rotatable bonds is 10. The minimum Gasteiger partial charge on any atom is -0.546 e. The number of hydrogen-bond donors (Lipinski definition) is 1. The molecule has 0 aliphatic rings. The minimum atomic E-state index is -3.83. The van der Waals surface area contributed by atoms with Crippen LogP contribution in [0.3, 0.4) is 0 Å². The number of ether oxygens (including phenoxy) is 1. The van der Waals surface area contributed by atoms with Gasteiger partial charge in [0.1, 0.15) is 12.4 Å². The highest BCUT2D eigenvalue weighted by atomic mass is 32.2. The number of carboxylic acid groups (broad SMARTS) is 1. The number of nitrogens with zero attached hydrogens (tertiary/aromatic N) is 1. The number of furan rings is 1. The molecule has 1 aromatic heterocycles. The molecule has 1 N–H and O–H groups in total. The van der Waals surface area contributed by atoms with Crippen LogP contribution in [0.15, 0.2) is 33.6 Å². The average molecular weight is 437 g/mol. The Labute approximate surface area is 175 Å². The summed E-state index contributed by atoms with van der Waals surface area (Å²) in [5.74, 6) is -1.31. The van der Waals surface area contributed by atoms with Crippen LogP contribution in [0.4, 0.5) is 0 Å². The van der Waals surface area contributed by atoms with Gasteiger partial charge in [0.15, 0.2) is 11.3 Å². The monoisotopic (exact) mass is 437 g/mol. The quantitative estimate of drug-likeness (QED) is 0.552. The number of aliphatic carboxylic acids is 1. The molecule has 1 heterocycles. The highest BCUT2D eigenvalue weighted by Crippen LogP contribution is 2.36. The molecule has 0 atom stereocenters. The van der Waals surface area contributed by atoms with Crippen LogP contribution < -0.4 is 14.6 Å². The van der Waals surface area contributed by atoms with E-state index in [1.165, 1.54) is 24.3 Å². The second-order valence-corrected chi connectivity index (χ2v) is 8.15. The van der Waals surface area contributed by atoms with Crippen LogP contribution in [0, 0.1) is 0 Å². The highest BCUT2D eigenvalue weighted by Gasteiger charge is 2.22. The number of carboxylic acids is 1. The van der Waals surface area contributed by atoms with E-state index in [2.05, 4.69) is 4.72 Å². The first kappa shape index (κ1) is 23.4. The van der Waals surface area contributed by atoms with Gasteiger partial charge < -0.3 is 24.0 Å². The fourth-order valence-corrected chi connectivity index (χ4v) is 4.13. The first-order valence-electron chi connectivity index (χ1n) is 9.50. The predicted octanol–water partition coefficient (Wildman–Crippen LogP) is 1.13. The first-order chi connectivity index (χ1) is 14.1. The molecule has 0 fully saturated rings. The number of nitrogens with one attached hydrogen (secondary N) is 1. The van der Waals surface area contributed by atoms with Crippen molar-refractivity contribution in [1.82, 2.24) is 9.62 Å². The molecule has 1 aromatic carbocycles. The van der Waals surface area contributed by atoms with E-state index in [1.54, 1.807) is 18.7 Å². The number of allylic oxidation sites excluding steroid dienone is 1. The molecule has 2 aromatic rings. The summed E-state index contributed by atoms with van der Waals surface area (Å²) in [7, 11) is -3.83. The molecule has 0 bridgehead atoms. The van der Waals surface area contributed by atoms with Crippen molar-refractivity contribution in [2.45, 2.75) is 32.6 Å². The lowest BCUT2D eigenvalue weighted by atomic mass is 10.2. The molecule has 0 saturated heterocycles. The SMILES string of the molecule is CCNS(=O)(=O)c1ccc(OCC(=O)[O-])c2oc(/C(C)=C/C(=O)N(CC)CC)cc12. The van der Waals surface area contributed by atoms with E-state index in [9.17, 15) is 23.1 Å². The van der Waals surface area contributed by atoms with E-state index in [1.807, 2.05) is 13.8 Å². The van der Waals surface area contributed by atoms with Crippen LogP contribution in [0.2, 0.25) is 0 Å². The number of hydrogen-bond acceptors (Lipinski definition) is 7. The van der Waals surface area contributed by atoms with Crippen molar-refractivity contribution in [3.8, 4) is 5.75 Å². The Morgan fingerprint density at radius 2 is 1.90 bits per heavy atom. The third-order valence-electron chi connectivity index (χ3n) is 4.38. The van der Waals surface area contributed by atoms with Crippen LogP contribution in [0.25, 0.3) is 16.5 Å². The maximum absolute atomic E-state index is 12.6. The summed E-state index contributed by atoms with van der Waals surface area (Å²) < 4.78 is 38.5. The van der Waals surface area contributed by atoms with Crippen molar-refractivity contribution >= 4 is 38.4 Å². The van der Waals surface area contributed by atoms with Crippen LogP contribution in [-0.2, 0) is 19.6 Å². The minimum absolute atomic E-state index is 0.0435. The standard InChI is InChI=1S/C20H26N2O7S/c1-5-21-30(26,27)17-9-8-15(28-12-19(24)25)20-14(17)11-16(29-20)13(4)10-18(23)22(6-2)7-3/h8-11,21H,5-7,12H2,1-4H3,(H,24,25)/p-1/b13-10+. The van der Waals surface area contributed by atoms with Gasteiger partial charge in [0.25, 0.3) is 0 Å². The maximum Gasteiger partial charge on any atom is 0.246 e. The molecular formula is C20H25N2O7S-. The lowest BCUT2D eigenvalue weighted by Gasteiger charge is -2.16. The second-order valence-electron chi connectivity index (χ2n) is 6.42. The van der Waals surface area contributed by atoms with Crippen molar-refractivity contribution in [2.24, 2.45) is 0 Å². The number of likely N-dealkylation sites (N-methyl/N-ethyl adjacent to an activating group) is 1. The molecule has 0 unspecified atom stereocenters. The molecule has 0 radical (unpaired) electrons. The Morgan fingerprint density at radius 1 is 1.23 bits per heavy atom. The first-order valence-corrected chi connectivity index (χ1v) is 11.0. The maximum atomic E-state index is 12.6. The van der Waals surface area contributed by atoms with Crippen LogP contribution in [0.5, 0.6) is 5.75 Å². The fraction of sp³-hybridized carbons (Fsp3) is 0.400. The lowest BCUT2D eigenvalue weighted by molar-refractivity contribution is -0.307. The zero-order valence-corrected chi connectivity index (χ0v) is 18.2. The van der Waals surface area contributed by atoms with E-state index in [0.29, 0.717) is 18.7 Å². The van der Waals surface area contributed by atoms with Gasteiger partial charge in [0.05, 0.1) is 10.9 Å². The summed E-state index contributed by atoms with van der Waals surface area (Å²) in [4.78, 5) is 24.7. The van der Waals surface area contributed by atoms with E-state index in [-0.39, 0.29) is 39.8 Å². The molecule has 0 aliphatic heterocycles. The van der Waals surface area contributed by atoms with E-state index in [0.717, 1.165) is 0 Å². The van der Waals surface area contributed by atoms with E-state index >= 15 is 0 Å². The smallest absolute Gasteiger partial charge is 0.246 e. The highest BCUT2D eigenvalue weighted by molar-refractivity contribution is 7.89. The Kier molecular flexibility index (Phi) is 7.63. The summed E-state index contributed by atoms with van der Waals surface area (Å²) in [6.45, 7) is 7.61. The van der Waals surface area contributed by atoms with Crippen molar-refractivity contribution in [3.05, 3.63) is 30.0 Å². The lowest BCUT2D eigenvalue weighted by Crippen LogP contribution is -2.29. The zero-order valence-electron chi connectivity index (χ0n) is 17.4. The summed E-state index contributed by atoms with van der Waals surface area (Å²) in [5.41, 5.74) is 0.550. The number of carbonyl (C=O) groups is 2. The molecule has 0 saturated carbocycles. The van der Waals surface area contributed by atoms with Gasteiger partial charge in [-0.2, -0.15) is 0 Å². The molecule has 164 valence electrons. The van der Waals surface area contributed by atoms with E-state index in [4.69, 9.17) is 9.15 Å². The number of benzene rings is 1. The Bertz CT molecular complexity index is 1070. The van der Waals surface area contributed by atoms with Gasteiger partial charge in [0, 0.05) is 31.1 Å². The average Bonchev–Trinajstić information content (AvgIpc) is 3.12. The second kappa shape index (κ2) is 9.77. The van der Waals surface area contributed by atoms with Crippen molar-refractivity contribution in [2.75, 3.05) is 26.2 Å². The number of sulfonamides is 1. The van der Waals surface area contributed by atoms with Gasteiger partial charge in [-0.15, -0.1) is 0 Å². The Morgan fingerprint density at radius 3 is 2.47 bits per heavy atom. The predicted molar refractivity (Wildman–Crippen MR) is 109 cm³/mol. The normalized spacial score (nSPS) is 12.2. The third-order valence-corrected chi connectivity index (χ3v) is 5.98. The number of fused-ring (bicyclic) bond motifs is 1. The molecule has 0 spiro atoms. The van der Waals surface area contributed by atoms with Gasteiger partial charge in [-0.1, -0.05) is 6.92 Å². The third kappa shape index (κ3) is 5.19. The molecule has 9 nitrogen and oxygen atoms in total. The molecule has 2 rings (SSSR count). The van der Waals surface area contributed by atoms with Gasteiger partial charge in [-0.3, -0.25) is 4.79 Å². The van der Waals surface area contributed by atoms with Crippen molar-refractivity contribution in [1.29, 1.82) is 0 Å². The molecule has 10 heteroatoms. The van der Waals surface area contributed by atoms with Gasteiger partial charge in [-0.25, -0.2) is 13.1 Å². The topological polar surface area (TPSA) is 129 Å². The van der Waals surface area contributed by atoms with E-state index < -0.39 is 22.6 Å². The zero-order chi connectivity index (χ0) is 22.5. The summed E-state index contributed by atoms with van der Waals surface area (Å²) in [5, 5.41) is 11.0. The Hall–Kier alpha value is -2.85. The number of carbonyl (C=O) groups excluding carboxylic acids is 2. The van der Waals surface area contributed by atoms with Crippen LogP contribution >= 0.6 is 0 Å². The molecule has 0 aliphatic carbocycles. The van der Waals surface area contributed by atoms with Gasteiger partial charge >= 0.3 is 0 Å². The summed E-state index contributed by atoms with van der Waals surface area (Å²) in [6.07, 6.45) is 1.41. The molecule has 1 amide bonds. The fourth-order valence-electron chi connectivity index (χ4n) is 2.90. The summed E-state index contributed by atoms with van der Waals surface area (Å²) >= 11 is 0. The largest absolute Gasteiger partial charge is 0.546 e. The molecular weight excluding hydrogens is 412 g/mol. The molecule has 30 heavy (non-hydrogen) atoms. The van der Waals surface area contributed by atoms with Crippen molar-refractivity contribution in [3.63, 3.8) is 0 Å². The van der Waals surface area contributed by atoms with Gasteiger partial charge in [0.2, 0.25) is 15.9 Å². The van der Waals surface area contributed by atoms with Crippen LogP contribution in [-0.4, -0.2) is 51.4 Å². The Balaban J connectivity index is 2.61. The van der Waals surface area contributed by atoms with Crippen LogP contribution in [0.1, 0.15) is 33.5 Å². The van der Waals surface area contributed by atoms with Crippen molar-refractivity contribution < 1.29 is 32.3 Å². The number of amides is 1.